The van der Waals surface area contributed by atoms with Crippen LogP contribution < -0.4 is 4.74 Å². The minimum absolute atomic E-state index is 0.0392. The van der Waals surface area contributed by atoms with Gasteiger partial charge < -0.3 is 9.64 Å². The highest BCUT2D eigenvalue weighted by molar-refractivity contribution is 7.10. The third-order valence-corrected chi connectivity index (χ3v) is 4.97. The molecule has 0 N–H and O–H groups in total. The van der Waals surface area contributed by atoms with Gasteiger partial charge >= 0.3 is 0 Å². The summed E-state index contributed by atoms with van der Waals surface area (Å²) in [5, 5.41) is 6.34. The van der Waals surface area contributed by atoms with E-state index in [1.165, 1.54) is 0 Å². The predicted molar refractivity (Wildman–Crippen MR) is 99.7 cm³/mol. The smallest absolute Gasteiger partial charge is 0.247 e. The minimum atomic E-state index is -0.217. The summed E-state index contributed by atoms with van der Waals surface area (Å²) in [6.07, 6.45) is 6.70. The molecule has 0 bridgehead atoms. The highest BCUT2D eigenvalue weighted by Gasteiger charge is 2.26. The van der Waals surface area contributed by atoms with Gasteiger partial charge in [0, 0.05) is 29.4 Å². The van der Waals surface area contributed by atoms with E-state index < -0.39 is 0 Å². The molecule has 0 aromatic carbocycles. The Labute approximate surface area is 155 Å². The number of amides is 1. The Hall–Kier alpha value is -2.93. The summed E-state index contributed by atoms with van der Waals surface area (Å²) in [6.45, 7) is 1.57. The van der Waals surface area contributed by atoms with E-state index in [1.807, 2.05) is 52.5 Å². The number of thiophene rings is 1. The van der Waals surface area contributed by atoms with Crippen LogP contribution in [0.3, 0.4) is 0 Å². The summed E-state index contributed by atoms with van der Waals surface area (Å²) in [5.41, 5.74) is 0.995. The maximum atomic E-state index is 12.7. The molecule has 132 valence electrons. The maximum absolute atomic E-state index is 12.7. The number of hydrogen-bond donors (Lipinski definition) is 0. The first-order valence-electron chi connectivity index (χ1n) is 8.37. The zero-order valence-corrected chi connectivity index (χ0v) is 14.9. The Morgan fingerprint density at radius 2 is 2.15 bits per heavy atom. The average Bonchev–Trinajstić information content (AvgIpc) is 3.29. The molecule has 1 unspecified atom stereocenters. The first kappa shape index (κ1) is 16.5. The van der Waals surface area contributed by atoms with Crippen molar-refractivity contribution in [2.45, 2.75) is 19.2 Å². The monoisotopic (exact) mass is 366 g/mol. The Bertz CT molecular complexity index is 889. The van der Waals surface area contributed by atoms with E-state index in [0.717, 1.165) is 10.6 Å². The lowest BCUT2D eigenvalue weighted by molar-refractivity contribution is -0.127. The molecule has 6 nitrogen and oxygen atoms in total. The summed E-state index contributed by atoms with van der Waals surface area (Å²) >= 11 is 1.60. The van der Waals surface area contributed by atoms with Crippen molar-refractivity contribution in [2.24, 2.45) is 0 Å². The van der Waals surface area contributed by atoms with Gasteiger partial charge in [0.1, 0.15) is 6.10 Å². The number of ether oxygens (including phenoxy) is 1. The van der Waals surface area contributed by atoms with Crippen molar-refractivity contribution >= 4 is 23.3 Å². The molecule has 1 aliphatic rings. The second-order valence-electron chi connectivity index (χ2n) is 5.98. The molecule has 3 aromatic heterocycles. The zero-order valence-electron chi connectivity index (χ0n) is 14.1. The van der Waals surface area contributed by atoms with Crippen molar-refractivity contribution in [1.82, 2.24) is 19.7 Å². The predicted octanol–water partition coefficient (Wildman–Crippen LogP) is 2.84. The molecule has 0 saturated carbocycles. The standard InChI is InChI=1S/C19H18N4O2S/c24-19(7-6-17-4-3-11-26-17)22-12-15-8-10-21-23(15)14-16(13-22)25-18-5-1-2-9-20-18/h1-11,16H,12-14H2/b7-6+. The largest absolute Gasteiger partial charge is 0.470 e. The van der Waals surface area contributed by atoms with Crippen LogP contribution in [0.4, 0.5) is 0 Å². The molecule has 4 rings (SSSR count). The van der Waals surface area contributed by atoms with Crippen LogP contribution in [0.2, 0.25) is 0 Å². The van der Waals surface area contributed by atoms with E-state index >= 15 is 0 Å². The number of aromatic nitrogens is 3. The summed E-state index contributed by atoms with van der Waals surface area (Å²) in [5.74, 6) is 0.511. The number of nitrogens with zero attached hydrogens (tertiary/aromatic N) is 4. The van der Waals surface area contributed by atoms with Gasteiger partial charge in [-0.25, -0.2) is 4.98 Å². The summed E-state index contributed by atoms with van der Waals surface area (Å²) in [6, 6.07) is 11.4. The quantitative estimate of drug-likeness (QED) is 0.666. The molecule has 4 heterocycles. The van der Waals surface area contributed by atoms with Gasteiger partial charge in [-0.15, -0.1) is 11.3 Å². The lowest BCUT2D eigenvalue weighted by atomic mass is 10.3. The Kier molecular flexibility index (Phi) is 4.79. The lowest BCUT2D eigenvalue weighted by Gasteiger charge is -2.23. The molecule has 0 aliphatic carbocycles. The number of hydrogen-bond acceptors (Lipinski definition) is 5. The van der Waals surface area contributed by atoms with E-state index in [4.69, 9.17) is 4.74 Å². The molecule has 0 spiro atoms. The number of pyridine rings is 1. The van der Waals surface area contributed by atoms with Gasteiger partial charge in [-0.2, -0.15) is 5.10 Å². The van der Waals surface area contributed by atoms with Crippen LogP contribution in [0.1, 0.15) is 10.6 Å². The van der Waals surface area contributed by atoms with Crippen molar-refractivity contribution in [3.8, 4) is 5.88 Å². The molecule has 0 fully saturated rings. The molecule has 3 aromatic rings. The molecule has 0 saturated heterocycles. The first-order chi connectivity index (χ1) is 12.8. The van der Waals surface area contributed by atoms with Crippen LogP contribution in [0, 0.1) is 0 Å². The topological polar surface area (TPSA) is 60.2 Å². The average molecular weight is 366 g/mol. The molecular formula is C19H18N4O2S. The molecular weight excluding hydrogens is 348 g/mol. The van der Waals surface area contributed by atoms with Gasteiger partial charge in [-0.3, -0.25) is 9.48 Å². The second kappa shape index (κ2) is 7.53. The fraction of sp³-hybridized carbons (Fsp3) is 0.211. The van der Waals surface area contributed by atoms with Crippen molar-refractivity contribution in [1.29, 1.82) is 0 Å². The van der Waals surface area contributed by atoms with Crippen molar-refractivity contribution in [3.05, 3.63) is 70.8 Å². The second-order valence-corrected chi connectivity index (χ2v) is 6.96. The van der Waals surface area contributed by atoms with Crippen LogP contribution in [0.5, 0.6) is 5.88 Å². The molecule has 1 aliphatic heterocycles. The molecule has 0 radical (unpaired) electrons. The molecule has 7 heteroatoms. The fourth-order valence-corrected chi connectivity index (χ4v) is 3.51. The van der Waals surface area contributed by atoms with Gasteiger partial charge in [-0.05, 0) is 29.7 Å². The summed E-state index contributed by atoms with van der Waals surface area (Å²) < 4.78 is 7.90. The Morgan fingerprint density at radius 1 is 1.19 bits per heavy atom. The van der Waals surface area contributed by atoms with Crippen molar-refractivity contribution in [3.63, 3.8) is 0 Å². The van der Waals surface area contributed by atoms with E-state index in [0.29, 0.717) is 25.5 Å². The van der Waals surface area contributed by atoms with Crippen molar-refractivity contribution in [2.75, 3.05) is 6.54 Å². The molecule has 26 heavy (non-hydrogen) atoms. The highest BCUT2D eigenvalue weighted by atomic mass is 32.1. The third-order valence-electron chi connectivity index (χ3n) is 4.13. The molecule has 1 amide bonds. The molecule has 1 atom stereocenters. The highest BCUT2D eigenvalue weighted by Crippen LogP contribution is 2.17. The number of rotatable bonds is 4. The van der Waals surface area contributed by atoms with Crippen LogP contribution in [0.15, 0.2) is 60.2 Å². The third kappa shape index (κ3) is 3.83. The van der Waals surface area contributed by atoms with Gasteiger partial charge in [0.05, 0.1) is 25.3 Å². The maximum Gasteiger partial charge on any atom is 0.247 e. The van der Waals surface area contributed by atoms with Crippen LogP contribution in [-0.2, 0) is 17.9 Å². The van der Waals surface area contributed by atoms with Crippen LogP contribution >= 0.6 is 11.3 Å². The fourth-order valence-electron chi connectivity index (χ4n) is 2.89. The van der Waals surface area contributed by atoms with Gasteiger partial charge in [0.15, 0.2) is 0 Å². The van der Waals surface area contributed by atoms with Crippen LogP contribution in [-0.4, -0.2) is 38.2 Å². The van der Waals surface area contributed by atoms with Crippen molar-refractivity contribution < 1.29 is 9.53 Å². The van der Waals surface area contributed by atoms with E-state index in [-0.39, 0.29) is 12.0 Å². The summed E-state index contributed by atoms with van der Waals surface area (Å²) in [4.78, 5) is 19.8. The van der Waals surface area contributed by atoms with E-state index in [1.54, 1.807) is 34.7 Å². The number of carbonyl (C=O) groups excluding carboxylic acids is 1. The Balaban J connectivity index is 1.53. The number of fused-ring (bicyclic) bond motifs is 1. The normalized spacial score (nSPS) is 17.1. The Morgan fingerprint density at radius 3 is 2.96 bits per heavy atom. The lowest BCUT2D eigenvalue weighted by Crippen LogP contribution is -2.38. The van der Waals surface area contributed by atoms with E-state index in [2.05, 4.69) is 10.1 Å². The zero-order chi connectivity index (χ0) is 17.8. The summed E-state index contributed by atoms with van der Waals surface area (Å²) in [7, 11) is 0. The SMILES string of the molecule is O=C(/C=C/c1cccs1)N1Cc2ccnn2CC(Oc2ccccn2)C1. The van der Waals surface area contributed by atoms with E-state index in [9.17, 15) is 4.79 Å². The number of carbonyl (C=O) groups is 1. The van der Waals surface area contributed by atoms with Crippen LogP contribution in [0.25, 0.3) is 6.08 Å². The first-order valence-corrected chi connectivity index (χ1v) is 9.25. The van der Waals surface area contributed by atoms with Gasteiger partial charge in [0.2, 0.25) is 11.8 Å². The van der Waals surface area contributed by atoms with Gasteiger partial charge in [-0.1, -0.05) is 12.1 Å². The van der Waals surface area contributed by atoms with Gasteiger partial charge in [0.25, 0.3) is 0 Å². The minimum Gasteiger partial charge on any atom is -0.470 e.